The molecule has 1 aromatic heterocycles. The van der Waals surface area contributed by atoms with Gasteiger partial charge in [0.05, 0.1) is 17.9 Å². The van der Waals surface area contributed by atoms with Crippen LogP contribution in [0.15, 0.2) is 36.5 Å². The summed E-state index contributed by atoms with van der Waals surface area (Å²) in [6.45, 7) is 4.46. The number of rotatable bonds is 3. The fourth-order valence-electron chi connectivity index (χ4n) is 3.56. The van der Waals surface area contributed by atoms with Gasteiger partial charge in [-0.05, 0) is 55.0 Å². The quantitative estimate of drug-likeness (QED) is 0.710. The Bertz CT molecular complexity index is 866. The molecular weight excluding hydrogens is 354 g/mol. The maximum absolute atomic E-state index is 13.0. The van der Waals surface area contributed by atoms with Crippen molar-refractivity contribution in [3.8, 4) is 0 Å². The number of pyridine rings is 1. The molecule has 0 bridgehead atoms. The number of amides is 2. The fourth-order valence-corrected chi connectivity index (χ4v) is 3.56. The van der Waals surface area contributed by atoms with E-state index in [1.54, 1.807) is 17.9 Å². The van der Waals surface area contributed by atoms with E-state index in [2.05, 4.69) is 22.5 Å². The molecule has 0 radical (unpaired) electrons. The molecule has 0 saturated carbocycles. The Balaban J connectivity index is 1.78. The minimum absolute atomic E-state index is 0.105. The van der Waals surface area contributed by atoms with Gasteiger partial charge in [-0.25, -0.2) is 4.98 Å². The van der Waals surface area contributed by atoms with Crippen molar-refractivity contribution < 1.29 is 9.59 Å². The second-order valence-corrected chi connectivity index (χ2v) is 7.41. The maximum atomic E-state index is 13.0. The van der Waals surface area contributed by atoms with Crippen LogP contribution < -0.4 is 16.4 Å². The third-order valence-corrected chi connectivity index (χ3v) is 5.23. The van der Waals surface area contributed by atoms with E-state index in [4.69, 9.17) is 5.73 Å². The van der Waals surface area contributed by atoms with Gasteiger partial charge in [0.1, 0.15) is 5.82 Å². The summed E-state index contributed by atoms with van der Waals surface area (Å²) < 4.78 is 0. The van der Waals surface area contributed by atoms with Crippen LogP contribution in [0.4, 0.5) is 17.2 Å². The minimum Gasteiger partial charge on any atom is -0.388 e. The Morgan fingerprint density at radius 2 is 1.89 bits per heavy atom. The van der Waals surface area contributed by atoms with Crippen LogP contribution in [0.5, 0.6) is 0 Å². The van der Waals surface area contributed by atoms with Crippen LogP contribution in [0.25, 0.3) is 0 Å². The number of aryl methyl sites for hydroxylation is 1. The zero-order valence-electron chi connectivity index (χ0n) is 16.5. The summed E-state index contributed by atoms with van der Waals surface area (Å²) in [4.78, 5) is 31.3. The Hall–Kier alpha value is -3.09. The standard InChI is InChI=1S/C21H27N5O2/c1-13-4-9-18(15-5-7-16(23-3)8-6-15)26(12-13)21(28)20(27)25-17-10-14(2)19(22)24-11-17/h5-8,10-11,13,18,23H,4,9,12H2,1-3H3,(H2,22,24)(H,25,27)/t13-,18+/m1/s1. The number of hydrogen-bond donors (Lipinski definition) is 3. The third kappa shape index (κ3) is 4.24. The molecule has 2 amide bonds. The van der Waals surface area contributed by atoms with Gasteiger partial charge in [0.25, 0.3) is 0 Å². The molecule has 7 nitrogen and oxygen atoms in total. The van der Waals surface area contributed by atoms with E-state index in [0.29, 0.717) is 24.0 Å². The number of anilines is 3. The van der Waals surface area contributed by atoms with Crippen molar-refractivity contribution in [2.75, 3.05) is 30.0 Å². The summed E-state index contributed by atoms with van der Waals surface area (Å²) in [5, 5.41) is 5.75. The number of hydrogen-bond acceptors (Lipinski definition) is 5. The molecule has 2 heterocycles. The van der Waals surface area contributed by atoms with Gasteiger partial charge in [0, 0.05) is 19.3 Å². The smallest absolute Gasteiger partial charge is 0.313 e. The molecule has 0 spiro atoms. The van der Waals surface area contributed by atoms with Gasteiger partial charge in [-0.2, -0.15) is 0 Å². The maximum Gasteiger partial charge on any atom is 0.313 e. The van der Waals surface area contributed by atoms with Crippen molar-refractivity contribution in [2.45, 2.75) is 32.7 Å². The summed E-state index contributed by atoms with van der Waals surface area (Å²) in [5.41, 5.74) is 8.97. The summed E-state index contributed by atoms with van der Waals surface area (Å²) in [5.74, 6) is -0.426. The number of nitrogens with one attached hydrogen (secondary N) is 2. The Morgan fingerprint density at radius 1 is 1.18 bits per heavy atom. The number of likely N-dealkylation sites (tertiary alicyclic amines) is 1. The second-order valence-electron chi connectivity index (χ2n) is 7.41. The molecule has 1 aliphatic rings. The van der Waals surface area contributed by atoms with Gasteiger partial charge in [0.2, 0.25) is 0 Å². The fraction of sp³-hybridized carbons (Fsp3) is 0.381. The highest BCUT2D eigenvalue weighted by molar-refractivity contribution is 6.39. The number of carbonyl (C=O) groups is 2. The Kier molecular flexibility index (Phi) is 5.82. The van der Waals surface area contributed by atoms with E-state index in [-0.39, 0.29) is 6.04 Å². The number of carbonyl (C=O) groups excluding carboxylic acids is 2. The normalized spacial score (nSPS) is 19.2. The van der Waals surface area contributed by atoms with Crippen molar-refractivity contribution in [3.63, 3.8) is 0 Å². The third-order valence-electron chi connectivity index (χ3n) is 5.23. The van der Waals surface area contributed by atoms with Gasteiger partial charge >= 0.3 is 11.8 Å². The minimum atomic E-state index is -0.656. The highest BCUT2D eigenvalue weighted by Crippen LogP contribution is 2.34. The summed E-state index contributed by atoms with van der Waals surface area (Å²) in [6, 6.07) is 9.60. The highest BCUT2D eigenvalue weighted by Gasteiger charge is 2.34. The molecule has 0 aliphatic carbocycles. The lowest BCUT2D eigenvalue weighted by Gasteiger charge is -2.38. The molecular formula is C21H27N5O2. The number of piperidine rings is 1. The molecule has 1 fully saturated rings. The van der Waals surface area contributed by atoms with Crippen LogP contribution in [0, 0.1) is 12.8 Å². The first kappa shape index (κ1) is 19.7. The molecule has 3 rings (SSSR count). The first-order chi connectivity index (χ1) is 13.4. The topological polar surface area (TPSA) is 100 Å². The van der Waals surface area contributed by atoms with Crippen molar-refractivity contribution in [1.82, 2.24) is 9.88 Å². The molecule has 0 unspecified atom stereocenters. The number of nitrogens with two attached hydrogens (primary N) is 1. The van der Waals surface area contributed by atoms with Gasteiger partial charge in [-0.15, -0.1) is 0 Å². The Labute approximate surface area is 165 Å². The summed E-state index contributed by atoms with van der Waals surface area (Å²) >= 11 is 0. The monoisotopic (exact) mass is 381 g/mol. The molecule has 148 valence electrons. The lowest BCUT2D eigenvalue weighted by molar-refractivity contribution is -0.146. The van der Waals surface area contributed by atoms with Crippen LogP contribution in [-0.4, -0.2) is 35.3 Å². The molecule has 4 N–H and O–H groups in total. The van der Waals surface area contributed by atoms with E-state index < -0.39 is 11.8 Å². The van der Waals surface area contributed by atoms with Crippen LogP contribution >= 0.6 is 0 Å². The summed E-state index contributed by atoms with van der Waals surface area (Å²) in [7, 11) is 1.87. The van der Waals surface area contributed by atoms with Crippen molar-refractivity contribution in [2.24, 2.45) is 5.92 Å². The van der Waals surface area contributed by atoms with Crippen LogP contribution in [0.2, 0.25) is 0 Å². The van der Waals surface area contributed by atoms with Gasteiger partial charge in [-0.3, -0.25) is 9.59 Å². The molecule has 2 atom stereocenters. The van der Waals surface area contributed by atoms with E-state index in [1.165, 1.54) is 6.20 Å². The second kappa shape index (κ2) is 8.29. The number of nitrogens with zero attached hydrogens (tertiary/aromatic N) is 2. The Morgan fingerprint density at radius 3 is 2.54 bits per heavy atom. The lowest BCUT2D eigenvalue weighted by atomic mass is 9.89. The SMILES string of the molecule is CNc1ccc([C@@H]2CC[C@@H](C)CN2C(=O)C(=O)Nc2cnc(N)c(C)c2)cc1. The van der Waals surface area contributed by atoms with Crippen molar-refractivity contribution in [1.29, 1.82) is 0 Å². The van der Waals surface area contributed by atoms with Crippen LogP contribution in [0.3, 0.4) is 0 Å². The molecule has 1 aromatic carbocycles. The number of aromatic nitrogens is 1. The molecule has 2 aromatic rings. The van der Waals surface area contributed by atoms with Gasteiger partial charge in [-0.1, -0.05) is 19.1 Å². The first-order valence-corrected chi connectivity index (χ1v) is 9.50. The van der Waals surface area contributed by atoms with Crippen LogP contribution in [-0.2, 0) is 9.59 Å². The average Bonchev–Trinajstić information content (AvgIpc) is 2.70. The van der Waals surface area contributed by atoms with Crippen LogP contribution in [0.1, 0.15) is 36.9 Å². The lowest BCUT2D eigenvalue weighted by Crippen LogP contribution is -2.46. The molecule has 7 heteroatoms. The molecule has 28 heavy (non-hydrogen) atoms. The largest absolute Gasteiger partial charge is 0.388 e. The molecule has 1 aliphatic heterocycles. The number of nitrogen functional groups attached to an aromatic ring is 1. The predicted molar refractivity (Wildman–Crippen MR) is 111 cm³/mol. The highest BCUT2D eigenvalue weighted by atomic mass is 16.2. The average molecular weight is 381 g/mol. The number of benzene rings is 1. The van der Waals surface area contributed by atoms with E-state index in [9.17, 15) is 9.59 Å². The van der Waals surface area contributed by atoms with E-state index in [1.807, 2.05) is 31.3 Å². The van der Waals surface area contributed by atoms with E-state index >= 15 is 0 Å². The van der Waals surface area contributed by atoms with E-state index in [0.717, 1.165) is 29.7 Å². The van der Waals surface area contributed by atoms with Crippen molar-refractivity contribution in [3.05, 3.63) is 47.7 Å². The van der Waals surface area contributed by atoms with Gasteiger partial charge < -0.3 is 21.3 Å². The summed E-state index contributed by atoms with van der Waals surface area (Å²) in [6.07, 6.45) is 3.31. The first-order valence-electron chi connectivity index (χ1n) is 9.50. The molecule has 1 saturated heterocycles. The zero-order chi connectivity index (χ0) is 20.3. The van der Waals surface area contributed by atoms with Gasteiger partial charge in [0.15, 0.2) is 0 Å². The predicted octanol–water partition coefficient (Wildman–Crippen LogP) is 2.95. The van der Waals surface area contributed by atoms with Crippen molar-refractivity contribution >= 4 is 29.0 Å². The zero-order valence-corrected chi connectivity index (χ0v) is 16.5.